The van der Waals surface area contributed by atoms with Gasteiger partial charge in [-0.15, -0.1) is 0 Å². The Kier molecular flexibility index (Phi) is 5.18. The quantitative estimate of drug-likeness (QED) is 0.838. The Morgan fingerprint density at radius 3 is 2.62 bits per heavy atom. The molecule has 0 atom stereocenters. The van der Waals surface area contributed by atoms with Crippen molar-refractivity contribution in [3.8, 4) is 0 Å². The Balaban J connectivity index is 1.69. The van der Waals surface area contributed by atoms with Gasteiger partial charge in [-0.1, -0.05) is 12.1 Å². The largest absolute Gasteiger partial charge is 0.325 e. The van der Waals surface area contributed by atoms with E-state index in [0.29, 0.717) is 5.69 Å². The molecule has 0 radical (unpaired) electrons. The lowest BCUT2D eigenvalue weighted by Gasteiger charge is -2.13. The Morgan fingerprint density at radius 2 is 1.96 bits per heavy atom. The summed E-state index contributed by atoms with van der Waals surface area (Å²) in [6.45, 7) is 3.55. The number of rotatable bonds is 4. The molecule has 1 aromatic carbocycles. The predicted molar refractivity (Wildman–Crippen MR) is 101 cm³/mol. The third-order valence-electron chi connectivity index (χ3n) is 3.66. The Bertz CT molecular complexity index is 889. The molecule has 0 saturated carbocycles. The van der Waals surface area contributed by atoms with Crippen molar-refractivity contribution in [1.29, 1.82) is 0 Å². The molecule has 3 amide bonds. The smallest absolute Gasteiger partial charge is 0.294 e. The second-order valence-electron chi connectivity index (χ2n) is 5.98. The summed E-state index contributed by atoms with van der Waals surface area (Å²) in [6, 6.07) is 9.19. The van der Waals surface area contributed by atoms with E-state index in [1.807, 2.05) is 32.0 Å². The minimum atomic E-state index is -0.473. The van der Waals surface area contributed by atoms with Crippen molar-refractivity contribution >= 4 is 40.6 Å². The second kappa shape index (κ2) is 7.53. The number of benzene rings is 1. The first kappa shape index (κ1) is 17.9. The van der Waals surface area contributed by atoms with Crippen molar-refractivity contribution in [2.24, 2.45) is 0 Å². The van der Waals surface area contributed by atoms with E-state index in [-0.39, 0.29) is 11.4 Å². The minimum absolute atomic E-state index is 0.280. The molecule has 0 aliphatic carbocycles. The van der Waals surface area contributed by atoms with Crippen LogP contribution in [-0.4, -0.2) is 33.5 Å². The van der Waals surface area contributed by atoms with Crippen LogP contribution in [0.15, 0.2) is 47.6 Å². The highest BCUT2D eigenvalue weighted by Crippen LogP contribution is 2.31. The van der Waals surface area contributed by atoms with Crippen LogP contribution in [0.1, 0.15) is 16.7 Å². The Morgan fingerprint density at radius 1 is 1.23 bits per heavy atom. The minimum Gasteiger partial charge on any atom is -0.325 e. The molecule has 132 valence electrons. The normalized spacial score (nSPS) is 15.6. The van der Waals surface area contributed by atoms with E-state index in [1.165, 1.54) is 0 Å². The number of nitrogens with one attached hydrogen (secondary N) is 1. The van der Waals surface area contributed by atoms with E-state index in [2.05, 4.69) is 10.3 Å². The van der Waals surface area contributed by atoms with Crippen LogP contribution < -0.4 is 5.32 Å². The number of carbonyl (C=O) groups is 3. The van der Waals surface area contributed by atoms with Gasteiger partial charge in [-0.2, -0.15) is 0 Å². The van der Waals surface area contributed by atoms with Gasteiger partial charge in [0.25, 0.3) is 11.1 Å². The number of hydrogen-bond acceptors (Lipinski definition) is 5. The number of amides is 3. The zero-order chi connectivity index (χ0) is 18.7. The van der Waals surface area contributed by atoms with Crippen LogP contribution in [0.3, 0.4) is 0 Å². The maximum atomic E-state index is 12.4. The molecule has 0 unspecified atom stereocenters. The number of imide groups is 1. The fourth-order valence-electron chi connectivity index (χ4n) is 2.64. The van der Waals surface area contributed by atoms with Crippen molar-refractivity contribution in [1.82, 2.24) is 9.88 Å². The SMILES string of the molecule is Cc1cc(C)cc(NC(=O)CN2C(=O)S/C(=C/c3cccnc3)C2=O)c1. The van der Waals surface area contributed by atoms with Crippen molar-refractivity contribution < 1.29 is 14.4 Å². The molecule has 1 saturated heterocycles. The van der Waals surface area contributed by atoms with Gasteiger partial charge < -0.3 is 5.32 Å². The average molecular weight is 367 g/mol. The summed E-state index contributed by atoms with van der Waals surface area (Å²) >= 11 is 0.821. The maximum absolute atomic E-state index is 12.4. The molecule has 1 fully saturated rings. The molecule has 1 aromatic heterocycles. The number of thioether (sulfide) groups is 1. The molecule has 26 heavy (non-hydrogen) atoms. The van der Waals surface area contributed by atoms with E-state index < -0.39 is 17.1 Å². The van der Waals surface area contributed by atoms with Gasteiger partial charge in [0.2, 0.25) is 5.91 Å². The number of aryl methyl sites for hydroxylation is 2. The molecule has 3 rings (SSSR count). The van der Waals surface area contributed by atoms with Gasteiger partial charge in [-0.25, -0.2) is 0 Å². The highest BCUT2D eigenvalue weighted by Gasteiger charge is 2.36. The number of pyridine rings is 1. The molecule has 1 N–H and O–H groups in total. The van der Waals surface area contributed by atoms with Gasteiger partial charge >= 0.3 is 0 Å². The van der Waals surface area contributed by atoms with Gasteiger partial charge in [0.15, 0.2) is 0 Å². The predicted octanol–water partition coefficient (Wildman–Crippen LogP) is 3.37. The number of nitrogens with zero attached hydrogens (tertiary/aromatic N) is 2. The van der Waals surface area contributed by atoms with Gasteiger partial charge in [0.1, 0.15) is 6.54 Å². The highest BCUT2D eigenvalue weighted by molar-refractivity contribution is 8.18. The molecule has 2 aromatic rings. The van der Waals surface area contributed by atoms with E-state index in [9.17, 15) is 14.4 Å². The summed E-state index contributed by atoms with van der Waals surface area (Å²) < 4.78 is 0. The first-order chi connectivity index (χ1) is 12.4. The number of anilines is 1. The second-order valence-corrected chi connectivity index (χ2v) is 6.97. The number of hydrogen-bond donors (Lipinski definition) is 1. The lowest BCUT2D eigenvalue weighted by Crippen LogP contribution is -2.36. The van der Waals surface area contributed by atoms with Crippen LogP contribution in [0.25, 0.3) is 6.08 Å². The zero-order valence-electron chi connectivity index (χ0n) is 14.4. The fraction of sp³-hybridized carbons (Fsp3) is 0.158. The topological polar surface area (TPSA) is 79.4 Å². The molecular formula is C19H17N3O3S. The van der Waals surface area contributed by atoms with Crippen LogP contribution in [0.5, 0.6) is 0 Å². The molecule has 6 nitrogen and oxygen atoms in total. The maximum Gasteiger partial charge on any atom is 0.294 e. The lowest BCUT2D eigenvalue weighted by atomic mass is 10.1. The number of carbonyl (C=O) groups excluding carboxylic acids is 3. The molecule has 2 heterocycles. The van der Waals surface area contributed by atoms with Gasteiger partial charge in [0, 0.05) is 18.1 Å². The summed E-state index contributed by atoms with van der Waals surface area (Å²) in [7, 11) is 0. The third kappa shape index (κ3) is 4.18. The van der Waals surface area contributed by atoms with Gasteiger partial charge in [-0.3, -0.25) is 24.3 Å². The van der Waals surface area contributed by atoms with Crippen molar-refractivity contribution in [3.63, 3.8) is 0 Å². The molecule has 7 heteroatoms. The molecule has 0 bridgehead atoms. The highest BCUT2D eigenvalue weighted by atomic mass is 32.2. The molecule has 1 aliphatic heterocycles. The van der Waals surface area contributed by atoms with E-state index in [1.54, 1.807) is 30.6 Å². The van der Waals surface area contributed by atoms with E-state index >= 15 is 0 Å². The summed E-state index contributed by atoms with van der Waals surface area (Å²) in [4.78, 5) is 42.0. The van der Waals surface area contributed by atoms with Gasteiger partial charge in [0.05, 0.1) is 4.91 Å². The van der Waals surface area contributed by atoms with Crippen LogP contribution >= 0.6 is 11.8 Å². The van der Waals surface area contributed by atoms with Crippen LogP contribution in [0.2, 0.25) is 0 Å². The van der Waals surface area contributed by atoms with Crippen molar-refractivity contribution in [2.45, 2.75) is 13.8 Å². The first-order valence-corrected chi connectivity index (χ1v) is 8.77. The lowest BCUT2D eigenvalue weighted by molar-refractivity contribution is -0.127. The Hall–Kier alpha value is -2.93. The average Bonchev–Trinajstić information content (AvgIpc) is 2.82. The van der Waals surface area contributed by atoms with Crippen molar-refractivity contribution in [2.75, 3.05) is 11.9 Å². The molecule has 1 aliphatic rings. The van der Waals surface area contributed by atoms with Crippen LogP contribution in [0, 0.1) is 13.8 Å². The summed E-state index contributed by atoms with van der Waals surface area (Å²) in [5.41, 5.74) is 3.40. The first-order valence-electron chi connectivity index (χ1n) is 7.96. The van der Waals surface area contributed by atoms with Gasteiger partial charge in [-0.05, 0) is 66.6 Å². The van der Waals surface area contributed by atoms with E-state index in [0.717, 1.165) is 33.4 Å². The van der Waals surface area contributed by atoms with Crippen molar-refractivity contribution in [3.05, 3.63) is 64.3 Å². The summed E-state index contributed by atoms with van der Waals surface area (Å²) in [6.07, 6.45) is 4.82. The van der Waals surface area contributed by atoms with Crippen LogP contribution in [-0.2, 0) is 9.59 Å². The Labute approximate surface area is 155 Å². The zero-order valence-corrected chi connectivity index (χ0v) is 15.2. The van der Waals surface area contributed by atoms with Crippen LogP contribution in [0.4, 0.5) is 10.5 Å². The monoisotopic (exact) mass is 367 g/mol. The third-order valence-corrected chi connectivity index (χ3v) is 4.57. The molecular weight excluding hydrogens is 350 g/mol. The number of aromatic nitrogens is 1. The summed E-state index contributed by atoms with van der Waals surface area (Å²) in [5, 5.41) is 2.27. The fourth-order valence-corrected chi connectivity index (χ4v) is 3.48. The van der Waals surface area contributed by atoms with E-state index in [4.69, 9.17) is 0 Å². The summed E-state index contributed by atoms with van der Waals surface area (Å²) in [5.74, 6) is -0.889. The standard InChI is InChI=1S/C19H17N3O3S/c1-12-6-13(2)8-15(7-12)21-17(23)11-22-18(24)16(26-19(22)25)9-14-4-3-5-20-10-14/h3-10H,11H2,1-2H3,(H,21,23)/b16-9+. The molecule has 0 spiro atoms.